The van der Waals surface area contributed by atoms with Crippen molar-refractivity contribution in [3.05, 3.63) is 12.2 Å². The van der Waals surface area contributed by atoms with Crippen molar-refractivity contribution in [2.24, 2.45) is 23.1 Å². The molecule has 0 bridgehead atoms. The van der Waals surface area contributed by atoms with Crippen molar-refractivity contribution in [3.63, 3.8) is 0 Å². The van der Waals surface area contributed by atoms with Gasteiger partial charge in [0, 0.05) is 59.6 Å². The fourth-order valence-corrected chi connectivity index (χ4v) is 7.29. The molecule has 0 aromatic carbocycles. The highest BCUT2D eigenvalue weighted by molar-refractivity contribution is 6.60. The summed E-state index contributed by atoms with van der Waals surface area (Å²) in [5, 5.41) is 6.56. The highest BCUT2D eigenvalue weighted by Crippen LogP contribution is 2.25. The lowest BCUT2D eigenvalue weighted by molar-refractivity contribution is 0.123. The van der Waals surface area contributed by atoms with Gasteiger partial charge in [-0.1, -0.05) is 96.1 Å². The van der Waals surface area contributed by atoms with Crippen LogP contribution >= 0.6 is 0 Å². The Labute approximate surface area is 282 Å². The van der Waals surface area contributed by atoms with Gasteiger partial charge in [0.25, 0.3) is 0 Å². The monoisotopic (exact) mass is 660 g/mol. The number of nitrogens with one attached hydrogen (secondary N) is 2. The lowest BCUT2D eigenvalue weighted by Crippen LogP contribution is -2.43. The third kappa shape index (κ3) is 33.3. The molecule has 8 N–H and O–H groups in total. The first-order valence-corrected chi connectivity index (χ1v) is 20.8. The van der Waals surface area contributed by atoms with Gasteiger partial charge >= 0.3 is 8.80 Å². The van der Waals surface area contributed by atoms with Gasteiger partial charge < -0.3 is 41.1 Å². The van der Waals surface area contributed by atoms with Crippen LogP contribution < -0.4 is 27.8 Å². The zero-order valence-corrected chi connectivity index (χ0v) is 31.9. The molecule has 1 aliphatic rings. The smallest absolute Gasteiger partial charge is 0.377 e. The summed E-state index contributed by atoms with van der Waals surface area (Å²) < 4.78 is 16.0. The number of allylic oxidation sites excluding steroid dienone is 2. The lowest BCUT2D eigenvalue weighted by Gasteiger charge is -2.24. The molecule has 0 spiro atoms. The van der Waals surface area contributed by atoms with Crippen LogP contribution in [0.1, 0.15) is 142 Å². The summed E-state index contributed by atoms with van der Waals surface area (Å²) >= 11 is 0. The van der Waals surface area contributed by atoms with Crippen molar-refractivity contribution in [1.29, 1.82) is 0 Å². The average molecular weight is 660 g/mol. The van der Waals surface area contributed by atoms with E-state index in [1.54, 1.807) is 21.3 Å². The normalized spacial score (nSPS) is 14.6. The molecule has 1 rings (SSSR count). The Hall–Kier alpha value is -0.363. The van der Waals surface area contributed by atoms with E-state index >= 15 is 0 Å². The van der Waals surface area contributed by atoms with E-state index in [9.17, 15) is 0 Å². The number of rotatable bonds is 28. The van der Waals surface area contributed by atoms with Crippen LogP contribution in [0.25, 0.3) is 0 Å². The summed E-state index contributed by atoms with van der Waals surface area (Å²) in [5.41, 5.74) is 16.6. The quantitative estimate of drug-likeness (QED) is 0.0336. The minimum absolute atomic E-state index is 0.435. The molecule has 0 aromatic heterocycles. The SMILES string of the molecule is CCCCCCCCC=CCCCCCCCCN.CO[Si](CCCNCCNCCN)(OC)OC.C[C@H](N)C1CCCCC1. The maximum atomic E-state index is 5.77. The van der Waals surface area contributed by atoms with Crippen molar-refractivity contribution in [2.75, 3.05) is 60.6 Å². The Bertz CT molecular complexity index is 569. The first kappa shape index (κ1) is 46.8. The molecule has 1 aliphatic carbocycles. The van der Waals surface area contributed by atoms with Crippen molar-refractivity contribution in [2.45, 2.75) is 154 Å². The molecule has 0 radical (unpaired) electrons. The molecule has 1 atom stereocenters. The minimum Gasteiger partial charge on any atom is -0.377 e. The molecule has 0 saturated heterocycles. The summed E-state index contributed by atoms with van der Waals surface area (Å²) in [5.74, 6) is 0.832. The van der Waals surface area contributed by atoms with E-state index in [-0.39, 0.29) is 0 Å². The fraction of sp³-hybridized carbons (Fsp3) is 0.944. The van der Waals surface area contributed by atoms with Gasteiger partial charge in [-0.25, -0.2) is 0 Å². The highest BCUT2D eigenvalue weighted by Gasteiger charge is 2.36. The van der Waals surface area contributed by atoms with E-state index in [1.807, 2.05) is 0 Å². The fourth-order valence-electron chi connectivity index (χ4n) is 5.57. The Balaban J connectivity index is 0. The molecule has 0 heterocycles. The van der Waals surface area contributed by atoms with Crippen molar-refractivity contribution in [3.8, 4) is 0 Å². The number of hydrogen-bond acceptors (Lipinski definition) is 8. The summed E-state index contributed by atoms with van der Waals surface area (Å²) in [7, 11) is 2.56. The maximum Gasteiger partial charge on any atom is 0.500 e. The third-order valence-electron chi connectivity index (χ3n) is 8.68. The Morgan fingerprint density at radius 3 is 1.58 bits per heavy atom. The van der Waals surface area contributed by atoms with Crippen LogP contribution in [-0.4, -0.2) is 75.4 Å². The van der Waals surface area contributed by atoms with Gasteiger partial charge in [-0.15, -0.1) is 0 Å². The van der Waals surface area contributed by atoms with E-state index in [1.165, 1.54) is 122 Å². The van der Waals surface area contributed by atoms with E-state index in [0.29, 0.717) is 12.6 Å². The van der Waals surface area contributed by atoms with E-state index < -0.39 is 8.80 Å². The number of hydrogen-bond donors (Lipinski definition) is 5. The molecule has 1 fully saturated rings. The Morgan fingerprint density at radius 1 is 0.644 bits per heavy atom. The zero-order valence-electron chi connectivity index (χ0n) is 30.9. The molecule has 45 heavy (non-hydrogen) atoms. The predicted molar refractivity (Wildman–Crippen MR) is 200 cm³/mol. The summed E-state index contributed by atoms with van der Waals surface area (Å²) in [6.07, 6.45) is 31.9. The Morgan fingerprint density at radius 2 is 1.13 bits per heavy atom. The summed E-state index contributed by atoms with van der Waals surface area (Å²) in [4.78, 5) is 0. The number of unbranched alkanes of at least 4 members (excludes halogenated alkanes) is 12. The van der Waals surface area contributed by atoms with Crippen LogP contribution in [0.15, 0.2) is 12.2 Å². The third-order valence-corrected chi connectivity index (χ3v) is 11.5. The highest BCUT2D eigenvalue weighted by atomic mass is 28.4. The molecule has 8 nitrogen and oxygen atoms in total. The molecule has 9 heteroatoms. The molecule has 0 amide bonds. The van der Waals surface area contributed by atoms with Crippen LogP contribution in [0.3, 0.4) is 0 Å². The first-order chi connectivity index (χ1) is 22.0. The average Bonchev–Trinajstić information content (AvgIpc) is 3.07. The Kier molecular flexibility index (Phi) is 39.6. The molecule has 0 aromatic rings. The van der Waals surface area contributed by atoms with E-state index in [0.717, 1.165) is 51.1 Å². The molecule has 1 saturated carbocycles. The van der Waals surface area contributed by atoms with Crippen molar-refractivity contribution in [1.82, 2.24) is 10.6 Å². The second kappa shape index (κ2) is 38.1. The standard InChI is InChI=1S/C18H37N.C10H27N3O3Si.C8H17N/c1-2-3-4-5-6-7-8-9-10-11-12-13-14-15-16-17-18-19;1-14-17(15-2,16-3)10-4-6-12-8-9-13-7-5-11;1-7(9)8-5-3-2-4-6-8/h9-10H,2-8,11-19H2,1H3;12-13H,4-11H2,1-3H3;7-8H,2-6,9H2,1H3/t;;7-/m..0/s1. The molecular formula is C36H81N5O3Si. The van der Waals surface area contributed by atoms with Crippen LogP contribution in [0.4, 0.5) is 0 Å². The zero-order chi connectivity index (χ0) is 33.7. The van der Waals surface area contributed by atoms with Gasteiger partial charge in [-0.05, 0) is 77.3 Å². The second-order valence-corrected chi connectivity index (χ2v) is 15.8. The van der Waals surface area contributed by atoms with E-state index in [2.05, 4.69) is 36.6 Å². The number of nitrogens with two attached hydrogens (primary N) is 3. The maximum absolute atomic E-state index is 5.77. The minimum atomic E-state index is -2.37. The van der Waals surface area contributed by atoms with Crippen LogP contribution in [0.2, 0.25) is 6.04 Å². The van der Waals surface area contributed by atoms with Gasteiger partial charge in [0.15, 0.2) is 0 Å². The van der Waals surface area contributed by atoms with Crippen molar-refractivity contribution >= 4 is 8.80 Å². The first-order valence-electron chi connectivity index (χ1n) is 18.8. The predicted octanol–water partition coefficient (Wildman–Crippen LogP) is 7.29. The largest absolute Gasteiger partial charge is 0.500 e. The van der Waals surface area contributed by atoms with Gasteiger partial charge in [0.2, 0.25) is 0 Å². The second-order valence-electron chi connectivity index (χ2n) is 12.7. The molecule has 0 aliphatic heterocycles. The van der Waals surface area contributed by atoms with Crippen LogP contribution in [0, 0.1) is 5.92 Å². The molecular weight excluding hydrogens is 579 g/mol. The van der Waals surface area contributed by atoms with Gasteiger partial charge in [0.05, 0.1) is 0 Å². The summed E-state index contributed by atoms with van der Waals surface area (Å²) in [6.45, 7) is 9.66. The lowest BCUT2D eigenvalue weighted by atomic mass is 9.85. The van der Waals surface area contributed by atoms with Crippen LogP contribution in [0.5, 0.6) is 0 Å². The van der Waals surface area contributed by atoms with Crippen molar-refractivity contribution < 1.29 is 13.3 Å². The molecule has 272 valence electrons. The van der Waals surface area contributed by atoms with Gasteiger partial charge in [0.1, 0.15) is 0 Å². The van der Waals surface area contributed by atoms with Gasteiger partial charge in [-0.2, -0.15) is 0 Å². The molecule has 0 unspecified atom stereocenters. The summed E-state index contributed by atoms with van der Waals surface area (Å²) in [6, 6.07) is 1.27. The topological polar surface area (TPSA) is 130 Å². The van der Waals surface area contributed by atoms with Crippen LogP contribution in [-0.2, 0) is 13.3 Å². The van der Waals surface area contributed by atoms with E-state index in [4.69, 9.17) is 30.5 Å². The van der Waals surface area contributed by atoms with Gasteiger partial charge in [-0.3, -0.25) is 0 Å².